The first-order valence-corrected chi connectivity index (χ1v) is 4.62. The number of allylic oxidation sites excluding steroid dienone is 5. The van der Waals surface area contributed by atoms with E-state index in [1.807, 2.05) is 27.7 Å². The van der Waals surface area contributed by atoms with E-state index in [-0.39, 0.29) is 5.76 Å². The lowest BCUT2D eigenvalue weighted by Gasteiger charge is -1.83. The summed E-state index contributed by atoms with van der Waals surface area (Å²) in [5, 5.41) is 8.84. The van der Waals surface area contributed by atoms with Crippen LogP contribution in [0, 0.1) is 0 Å². The Labute approximate surface area is 82.8 Å². The van der Waals surface area contributed by atoms with Crippen LogP contribution >= 0.6 is 0 Å². The van der Waals surface area contributed by atoms with Crippen molar-refractivity contribution in [2.45, 2.75) is 27.7 Å². The Morgan fingerprint density at radius 3 is 1.77 bits per heavy atom. The summed E-state index contributed by atoms with van der Waals surface area (Å²) in [5.41, 5.74) is 0. The minimum absolute atomic E-state index is 0.185. The Balaban J connectivity index is -0.000000218. The van der Waals surface area contributed by atoms with Gasteiger partial charge in [0, 0.05) is 0 Å². The number of hydrogen-bond acceptors (Lipinski definition) is 1. The molecule has 1 N–H and O–H groups in total. The predicted molar refractivity (Wildman–Crippen MR) is 62.9 cm³/mol. The van der Waals surface area contributed by atoms with Crippen LogP contribution in [0.25, 0.3) is 0 Å². The molecule has 1 heteroatoms. The van der Waals surface area contributed by atoms with Crippen molar-refractivity contribution in [3.63, 3.8) is 0 Å². The van der Waals surface area contributed by atoms with Crippen LogP contribution in [-0.4, -0.2) is 5.11 Å². The lowest BCUT2D eigenvalue weighted by molar-refractivity contribution is 0.432. The molecule has 0 unspecified atom stereocenters. The van der Waals surface area contributed by atoms with Crippen molar-refractivity contribution in [1.29, 1.82) is 0 Å². The smallest absolute Gasteiger partial charge is 0.115 e. The molecule has 0 heterocycles. The quantitative estimate of drug-likeness (QED) is 0.506. The molecule has 0 aliphatic rings. The predicted octanol–water partition coefficient (Wildman–Crippen LogP) is 4.41. The second-order valence-corrected chi connectivity index (χ2v) is 1.42. The summed E-state index contributed by atoms with van der Waals surface area (Å²) < 4.78 is 0. The van der Waals surface area contributed by atoms with Crippen molar-refractivity contribution < 1.29 is 5.11 Å². The van der Waals surface area contributed by atoms with Crippen molar-refractivity contribution in [2.24, 2.45) is 0 Å². The topological polar surface area (TPSA) is 20.2 Å². The number of aliphatic hydroxyl groups excluding tert-OH is 1. The largest absolute Gasteiger partial charge is 0.508 e. The van der Waals surface area contributed by atoms with Crippen LogP contribution in [0.15, 0.2) is 49.3 Å². The Bertz CT molecular complexity index is 153. The van der Waals surface area contributed by atoms with E-state index in [4.69, 9.17) is 5.11 Å². The third-order valence-electron chi connectivity index (χ3n) is 0.692. The van der Waals surface area contributed by atoms with Gasteiger partial charge in [0.1, 0.15) is 5.76 Å². The summed E-state index contributed by atoms with van der Waals surface area (Å²) in [6.07, 6.45) is 7.79. The average Bonchev–Trinajstić information content (AvgIpc) is 2.21. The minimum atomic E-state index is 0.185. The fourth-order valence-electron chi connectivity index (χ4n) is 0.343. The van der Waals surface area contributed by atoms with Crippen LogP contribution < -0.4 is 0 Å². The van der Waals surface area contributed by atoms with Gasteiger partial charge in [-0.1, -0.05) is 59.1 Å². The fraction of sp³-hybridized carbons (Fsp3) is 0.333. The summed E-state index contributed by atoms with van der Waals surface area (Å²) in [4.78, 5) is 0. The molecular weight excluding hydrogens is 160 g/mol. The Hall–Kier alpha value is -1.24. The van der Waals surface area contributed by atoms with Crippen LogP contribution in [0.1, 0.15) is 27.7 Å². The molecule has 0 aromatic rings. The molecule has 76 valence electrons. The molecule has 1 nitrogen and oxygen atoms in total. The third-order valence-corrected chi connectivity index (χ3v) is 0.692. The van der Waals surface area contributed by atoms with Gasteiger partial charge in [-0.05, 0) is 12.2 Å². The highest BCUT2D eigenvalue weighted by Gasteiger charge is 1.75. The highest BCUT2D eigenvalue weighted by atomic mass is 16.3. The molecule has 0 atom stereocenters. The Morgan fingerprint density at radius 2 is 1.46 bits per heavy atom. The molecular formula is C12H22O. The van der Waals surface area contributed by atoms with Gasteiger partial charge in [-0.3, -0.25) is 0 Å². The molecule has 0 radical (unpaired) electrons. The molecule has 0 amide bonds. The molecule has 0 bridgehead atoms. The average molecular weight is 182 g/mol. The van der Waals surface area contributed by atoms with Crippen molar-refractivity contribution in [3.05, 3.63) is 49.3 Å². The van der Waals surface area contributed by atoms with Gasteiger partial charge in [0.25, 0.3) is 0 Å². The lowest BCUT2D eigenvalue weighted by Crippen LogP contribution is -1.68. The van der Waals surface area contributed by atoms with E-state index in [0.29, 0.717) is 0 Å². The standard InChI is InChI=1S/C8H10O.2C2H6/c1-3-5-7-8(9)6-4-2;2*1-2/h3-7,9H,1-2H2;2*1-2H3/b7-5-,8-6+;;. The van der Waals surface area contributed by atoms with Crippen LogP contribution in [0.5, 0.6) is 0 Å². The van der Waals surface area contributed by atoms with Crippen LogP contribution in [0.4, 0.5) is 0 Å². The first-order valence-electron chi connectivity index (χ1n) is 4.62. The summed E-state index contributed by atoms with van der Waals surface area (Å²) in [5.74, 6) is 0.185. The van der Waals surface area contributed by atoms with Gasteiger partial charge in [0.2, 0.25) is 0 Å². The summed E-state index contributed by atoms with van der Waals surface area (Å²) >= 11 is 0. The lowest BCUT2D eigenvalue weighted by atomic mass is 10.4. The van der Waals surface area contributed by atoms with Crippen molar-refractivity contribution >= 4 is 0 Å². The van der Waals surface area contributed by atoms with Crippen molar-refractivity contribution in [2.75, 3.05) is 0 Å². The van der Waals surface area contributed by atoms with Crippen molar-refractivity contribution in [1.82, 2.24) is 0 Å². The van der Waals surface area contributed by atoms with Gasteiger partial charge < -0.3 is 5.11 Å². The zero-order chi connectivity index (χ0) is 11.1. The zero-order valence-electron chi connectivity index (χ0n) is 9.25. The highest BCUT2D eigenvalue weighted by molar-refractivity contribution is 5.18. The van der Waals surface area contributed by atoms with E-state index in [1.165, 1.54) is 18.2 Å². The van der Waals surface area contributed by atoms with Crippen LogP contribution in [0.3, 0.4) is 0 Å². The SMILES string of the molecule is C=C/C=C\C(O)=C/C=C.CC.CC. The Kier molecular flexibility index (Phi) is 30.6. The summed E-state index contributed by atoms with van der Waals surface area (Å²) in [7, 11) is 0. The molecule has 0 aliphatic heterocycles. The maximum Gasteiger partial charge on any atom is 0.115 e. The normalized spacial score (nSPS) is 9.08. The fourth-order valence-corrected chi connectivity index (χ4v) is 0.343. The summed E-state index contributed by atoms with van der Waals surface area (Å²) in [6.45, 7) is 14.9. The number of aliphatic hydroxyl groups is 1. The van der Waals surface area contributed by atoms with Crippen molar-refractivity contribution in [3.8, 4) is 0 Å². The molecule has 0 aromatic carbocycles. The molecule has 13 heavy (non-hydrogen) atoms. The van der Waals surface area contributed by atoms with E-state index < -0.39 is 0 Å². The van der Waals surface area contributed by atoms with Gasteiger partial charge in [-0.15, -0.1) is 0 Å². The highest BCUT2D eigenvalue weighted by Crippen LogP contribution is 1.89. The molecule has 0 rings (SSSR count). The van der Waals surface area contributed by atoms with Gasteiger partial charge in [0.05, 0.1) is 0 Å². The van der Waals surface area contributed by atoms with Gasteiger partial charge >= 0.3 is 0 Å². The maximum absolute atomic E-state index is 8.84. The molecule has 0 saturated heterocycles. The second kappa shape index (κ2) is 22.4. The van der Waals surface area contributed by atoms with Crippen LogP contribution in [-0.2, 0) is 0 Å². The third kappa shape index (κ3) is 24.9. The van der Waals surface area contributed by atoms with E-state index in [1.54, 1.807) is 12.2 Å². The maximum atomic E-state index is 8.84. The van der Waals surface area contributed by atoms with E-state index in [2.05, 4.69) is 13.2 Å². The number of rotatable bonds is 3. The van der Waals surface area contributed by atoms with Gasteiger partial charge in [-0.25, -0.2) is 0 Å². The van der Waals surface area contributed by atoms with Crippen LogP contribution in [0.2, 0.25) is 0 Å². The summed E-state index contributed by atoms with van der Waals surface area (Å²) in [6, 6.07) is 0. The van der Waals surface area contributed by atoms with E-state index >= 15 is 0 Å². The monoisotopic (exact) mass is 182 g/mol. The molecule has 0 fully saturated rings. The van der Waals surface area contributed by atoms with E-state index in [0.717, 1.165) is 0 Å². The first kappa shape index (κ1) is 17.7. The molecule has 0 spiro atoms. The van der Waals surface area contributed by atoms with Gasteiger partial charge in [0.15, 0.2) is 0 Å². The molecule has 0 aliphatic carbocycles. The van der Waals surface area contributed by atoms with Gasteiger partial charge in [-0.2, -0.15) is 0 Å². The second-order valence-electron chi connectivity index (χ2n) is 1.42. The zero-order valence-corrected chi connectivity index (χ0v) is 9.25. The minimum Gasteiger partial charge on any atom is -0.508 e. The van der Waals surface area contributed by atoms with E-state index in [9.17, 15) is 0 Å². The Morgan fingerprint density at radius 1 is 1.00 bits per heavy atom. The molecule has 0 saturated carbocycles. The number of hydrogen-bond donors (Lipinski definition) is 1. The first-order chi connectivity index (χ1) is 6.31. The molecule has 0 aromatic heterocycles.